The van der Waals surface area contributed by atoms with Crippen LogP contribution >= 0.6 is 0 Å². The van der Waals surface area contributed by atoms with Crippen molar-refractivity contribution in [3.63, 3.8) is 0 Å². The summed E-state index contributed by atoms with van der Waals surface area (Å²) in [6, 6.07) is 7.81. The molecule has 1 aromatic rings. The van der Waals surface area contributed by atoms with E-state index >= 15 is 0 Å². The van der Waals surface area contributed by atoms with Crippen LogP contribution in [0.5, 0.6) is 0 Å². The van der Waals surface area contributed by atoms with Gasteiger partial charge in [-0.05, 0) is 19.7 Å². The Balaban J connectivity index is 2.47. The summed E-state index contributed by atoms with van der Waals surface area (Å²) in [4.78, 5) is 24.7. The lowest BCUT2D eigenvalue weighted by atomic mass is 10.1. The zero-order valence-corrected chi connectivity index (χ0v) is 11.8. The zero-order valence-electron chi connectivity index (χ0n) is 11.8. The second-order valence-corrected chi connectivity index (χ2v) is 4.78. The lowest BCUT2D eigenvalue weighted by Gasteiger charge is -2.16. The van der Waals surface area contributed by atoms with Gasteiger partial charge in [0, 0.05) is 19.5 Å². The lowest BCUT2D eigenvalue weighted by Crippen LogP contribution is -2.48. The number of urea groups is 1. The third kappa shape index (κ3) is 6.19. The first kappa shape index (κ1) is 16.0. The molecule has 0 unspecified atom stereocenters. The molecule has 1 aromatic carbocycles. The molecule has 0 radical (unpaired) electrons. The van der Waals surface area contributed by atoms with Crippen molar-refractivity contribution in [3.8, 4) is 0 Å². The predicted octanol–water partition coefficient (Wildman–Crippen LogP) is 0.543. The molecule has 0 aromatic heterocycles. The first-order valence-corrected chi connectivity index (χ1v) is 6.45. The molecular formula is C14H21N3O3. The Morgan fingerprint density at radius 3 is 2.45 bits per heavy atom. The second kappa shape index (κ2) is 8.16. The normalized spacial score (nSPS) is 11.9. The second-order valence-electron chi connectivity index (χ2n) is 4.78. The van der Waals surface area contributed by atoms with Crippen LogP contribution in [-0.4, -0.2) is 55.2 Å². The van der Waals surface area contributed by atoms with Crippen LogP contribution in [0.15, 0.2) is 30.3 Å². The minimum Gasteiger partial charge on any atom is -0.480 e. The number of rotatable bonds is 7. The fourth-order valence-corrected chi connectivity index (χ4v) is 1.65. The van der Waals surface area contributed by atoms with E-state index in [4.69, 9.17) is 5.11 Å². The molecule has 0 aliphatic carbocycles. The molecule has 0 bridgehead atoms. The van der Waals surface area contributed by atoms with Crippen LogP contribution in [0.4, 0.5) is 4.79 Å². The summed E-state index contributed by atoms with van der Waals surface area (Å²) in [5.41, 5.74) is 0.869. The molecule has 6 nitrogen and oxygen atoms in total. The number of carboxylic acid groups (broad SMARTS) is 1. The Kier molecular flexibility index (Phi) is 6.52. The Hall–Kier alpha value is -2.08. The van der Waals surface area contributed by atoms with Gasteiger partial charge in [-0.15, -0.1) is 0 Å². The SMILES string of the molecule is CN(C)CCNC(=O)N[C@@H](Cc1ccccc1)C(=O)O. The molecule has 0 heterocycles. The number of nitrogens with zero attached hydrogens (tertiary/aromatic N) is 1. The van der Waals surface area contributed by atoms with Crippen LogP contribution in [0.1, 0.15) is 5.56 Å². The summed E-state index contributed by atoms with van der Waals surface area (Å²) < 4.78 is 0. The lowest BCUT2D eigenvalue weighted by molar-refractivity contribution is -0.139. The van der Waals surface area contributed by atoms with Crippen molar-refractivity contribution in [2.24, 2.45) is 0 Å². The van der Waals surface area contributed by atoms with Gasteiger partial charge in [0.15, 0.2) is 0 Å². The van der Waals surface area contributed by atoms with Crippen molar-refractivity contribution >= 4 is 12.0 Å². The van der Waals surface area contributed by atoms with E-state index in [0.717, 1.165) is 5.56 Å². The average Bonchev–Trinajstić information content (AvgIpc) is 2.38. The van der Waals surface area contributed by atoms with Crippen molar-refractivity contribution in [1.29, 1.82) is 0 Å². The van der Waals surface area contributed by atoms with E-state index in [1.54, 1.807) is 0 Å². The highest BCUT2D eigenvalue weighted by Crippen LogP contribution is 2.03. The third-order valence-electron chi connectivity index (χ3n) is 2.73. The Morgan fingerprint density at radius 1 is 1.25 bits per heavy atom. The van der Waals surface area contributed by atoms with E-state index in [9.17, 15) is 9.59 Å². The molecule has 0 saturated carbocycles. The fourth-order valence-electron chi connectivity index (χ4n) is 1.65. The predicted molar refractivity (Wildman–Crippen MR) is 76.7 cm³/mol. The molecule has 0 spiro atoms. The maximum Gasteiger partial charge on any atom is 0.326 e. The largest absolute Gasteiger partial charge is 0.480 e. The highest BCUT2D eigenvalue weighted by atomic mass is 16.4. The van der Waals surface area contributed by atoms with Gasteiger partial charge in [-0.3, -0.25) is 0 Å². The summed E-state index contributed by atoms with van der Waals surface area (Å²) in [5, 5.41) is 14.2. The van der Waals surface area contributed by atoms with E-state index in [2.05, 4.69) is 10.6 Å². The number of nitrogens with one attached hydrogen (secondary N) is 2. The van der Waals surface area contributed by atoms with E-state index in [0.29, 0.717) is 13.1 Å². The molecule has 0 aliphatic heterocycles. The minimum atomic E-state index is -1.04. The van der Waals surface area contributed by atoms with Crippen LogP contribution in [0.25, 0.3) is 0 Å². The van der Waals surface area contributed by atoms with Crippen molar-refractivity contribution < 1.29 is 14.7 Å². The molecule has 0 aliphatic rings. The molecular weight excluding hydrogens is 258 g/mol. The number of hydrogen-bond donors (Lipinski definition) is 3. The van der Waals surface area contributed by atoms with Crippen molar-refractivity contribution in [2.45, 2.75) is 12.5 Å². The van der Waals surface area contributed by atoms with E-state index in [-0.39, 0.29) is 6.42 Å². The van der Waals surface area contributed by atoms with Gasteiger partial charge in [-0.1, -0.05) is 30.3 Å². The van der Waals surface area contributed by atoms with Gasteiger partial charge in [0.25, 0.3) is 0 Å². The molecule has 2 amide bonds. The Bertz CT molecular complexity index is 435. The van der Waals surface area contributed by atoms with Gasteiger partial charge < -0.3 is 20.6 Å². The zero-order chi connectivity index (χ0) is 15.0. The summed E-state index contributed by atoms with van der Waals surface area (Å²) in [6.07, 6.45) is 0.261. The third-order valence-corrected chi connectivity index (χ3v) is 2.73. The Morgan fingerprint density at radius 2 is 1.90 bits per heavy atom. The number of aliphatic carboxylic acids is 1. The number of amides is 2. The van der Waals surface area contributed by atoms with Crippen LogP contribution in [0, 0.1) is 0 Å². The number of carbonyl (C=O) groups is 2. The maximum atomic E-state index is 11.6. The first-order valence-electron chi connectivity index (χ1n) is 6.45. The number of hydrogen-bond acceptors (Lipinski definition) is 3. The number of carboxylic acids is 1. The van der Waals surface area contributed by atoms with Crippen molar-refractivity contribution in [2.75, 3.05) is 27.2 Å². The number of likely N-dealkylation sites (N-methyl/N-ethyl adjacent to an activating group) is 1. The molecule has 0 fully saturated rings. The topological polar surface area (TPSA) is 81.7 Å². The quantitative estimate of drug-likeness (QED) is 0.680. The maximum absolute atomic E-state index is 11.6. The fraction of sp³-hybridized carbons (Fsp3) is 0.429. The highest BCUT2D eigenvalue weighted by Gasteiger charge is 2.19. The Labute approximate surface area is 118 Å². The van der Waals surface area contributed by atoms with Crippen molar-refractivity contribution in [1.82, 2.24) is 15.5 Å². The van der Waals surface area contributed by atoms with Crippen LogP contribution in [-0.2, 0) is 11.2 Å². The first-order chi connectivity index (χ1) is 9.49. The van der Waals surface area contributed by atoms with Gasteiger partial charge in [-0.25, -0.2) is 9.59 Å². The van der Waals surface area contributed by atoms with Gasteiger partial charge >= 0.3 is 12.0 Å². The van der Waals surface area contributed by atoms with E-state index in [1.165, 1.54) is 0 Å². The minimum absolute atomic E-state index is 0.261. The van der Waals surface area contributed by atoms with Crippen LogP contribution in [0.3, 0.4) is 0 Å². The van der Waals surface area contributed by atoms with E-state index in [1.807, 2.05) is 49.3 Å². The van der Waals surface area contributed by atoms with Crippen LogP contribution < -0.4 is 10.6 Å². The average molecular weight is 279 g/mol. The van der Waals surface area contributed by atoms with Gasteiger partial charge in [0.2, 0.25) is 0 Å². The molecule has 3 N–H and O–H groups in total. The molecule has 1 rings (SSSR count). The summed E-state index contributed by atoms with van der Waals surface area (Å²) >= 11 is 0. The van der Waals surface area contributed by atoms with Gasteiger partial charge in [0.1, 0.15) is 6.04 Å². The molecule has 0 saturated heterocycles. The highest BCUT2D eigenvalue weighted by molar-refractivity contribution is 5.82. The summed E-state index contributed by atoms with van der Waals surface area (Å²) in [6.45, 7) is 1.17. The smallest absolute Gasteiger partial charge is 0.326 e. The summed E-state index contributed by atoms with van der Waals surface area (Å²) in [5.74, 6) is -1.04. The number of carbonyl (C=O) groups excluding carboxylic acids is 1. The van der Waals surface area contributed by atoms with Crippen LogP contribution in [0.2, 0.25) is 0 Å². The standard InChI is InChI=1S/C14H21N3O3/c1-17(2)9-8-15-14(20)16-12(13(18)19)10-11-6-4-3-5-7-11/h3-7,12H,8-10H2,1-2H3,(H,18,19)(H2,15,16,20)/t12-/m0/s1. The molecule has 6 heteroatoms. The van der Waals surface area contributed by atoms with Crippen molar-refractivity contribution in [3.05, 3.63) is 35.9 Å². The van der Waals surface area contributed by atoms with Gasteiger partial charge in [-0.2, -0.15) is 0 Å². The van der Waals surface area contributed by atoms with E-state index < -0.39 is 18.0 Å². The van der Waals surface area contributed by atoms with Gasteiger partial charge in [0.05, 0.1) is 0 Å². The molecule has 20 heavy (non-hydrogen) atoms. The molecule has 1 atom stereocenters. The number of benzene rings is 1. The molecule has 110 valence electrons. The summed E-state index contributed by atoms with van der Waals surface area (Å²) in [7, 11) is 3.80. The monoisotopic (exact) mass is 279 g/mol.